The van der Waals surface area contributed by atoms with Crippen LogP contribution in [-0.2, 0) is 0 Å². The molecule has 1 aromatic carbocycles. The molecule has 2 aromatic rings. The van der Waals surface area contributed by atoms with Gasteiger partial charge in [0.1, 0.15) is 0 Å². The highest BCUT2D eigenvalue weighted by molar-refractivity contribution is 6.03. The Morgan fingerprint density at radius 1 is 1.33 bits per heavy atom. The highest BCUT2D eigenvalue weighted by Crippen LogP contribution is 2.21. The summed E-state index contributed by atoms with van der Waals surface area (Å²) in [6, 6.07) is 5.48. The minimum absolute atomic E-state index is 0.00102. The van der Waals surface area contributed by atoms with Crippen molar-refractivity contribution >= 4 is 17.4 Å². The highest BCUT2D eigenvalue weighted by atomic mass is 16.6. The molecule has 106 valence electrons. The van der Waals surface area contributed by atoms with E-state index >= 15 is 0 Å². The molecule has 8 nitrogen and oxygen atoms in total. The van der Waals surface area contributed by atoms with Crippen molar-refractivity contribution in [3.8, 4) is 11.4 Å². The number of ketones is 1. The smallest absolute Gasteiger partial charge is 0.355 e. The lowest BCUT2D eigenvalue weighted by Crippen LogP contribution is -2.11. The first-order chi connectivity index (χ1) is 9.90. The first kappa shape index (κ1) is 14.3. The number of carboxylic acids is 1. The molecule has 0 aliphatic rings. The Labute approximate surface area is 118 Å². The molecule has 0 radical (unpaired) electrons. The van der Waals surface area contributed by atoms with Crippen molar-refractivity contribution in [2.45, 2.75) is 6.92 Å². The van der Waals surface area contributed by atoms with Crippen molar-refractivity contribution in [1.82, 2.24) is 9.97 Å². The fraction of sp³-hybridized carbons (Fsp3) is 0.0769. The summed E-state index contributed by atoms with van der Waals surface area (Å²) >= 11 is 0. The molecule has 0 amide bonds. The van der Waals surface area contributed by atoms with Gasteiger partial charge in [-0.05, 0) is 6.92 Å². The Balaban J connectivity index is 2.58. The number of aromatic carboxylic acids is 1. The molecular formula is C13H9N3O5. The van der Waals surface area contributed by atoms with E-state index in [1.54, 1.807) is 0 Å². The van der Waals surface area contributed by atoms with Gasteiger partial charge in [0.25, 0.3) is 5.69 Å². The van der Waals surface area contributed by atoms with E-state index in [1.165, 1.54) is 31.2 Å². The molecule has 1 aromatic heterocycles. The van der Waals surface area contributed by atoms with E-state index in [2.05, 4.69) is 9.97 Å². The van der Waals surface area contributed by atoms with Crippen LogP contribution in [0.25, 0.3) is 11.4 Å². The van der Waals surface area contributed by atoms with Crippen LogP contribution in [0.4, 0.5) is 5.69 Å². The highest BCUT2D eigenvalue weighted by Gasteiger charge is 2.18. The quantitative estimate of drug-likeness (QED) is 0.517. The molecule has 0 fully saturated rings. The lowest BCUT2D eigenvalue weighted by atomic mass is 10.1. The Morgan fingerprint density at radius 3 is 2.62 bits per heavy atom. The van der Waals surface area contributed by atoms with Crippen LogP contribution in [0.5, 0.6) is 0 Å². The van der Waals surface area contributed by atoms with Gasteiger partial charge in [-0.3, -0.25) is 14.9 Å². The van der Waals surface area contributed by atoms with E-state index in [9.17, 15) is 19.7 Å². The zero-order valence-corrected chi connectivity index (χ0v) is 10.8. The molecule has 2 rings (SSSR count). The van der Waals surface area contributed by atoms with Crippen LogP contribution in [-0.4, -0.2) is 31.8 Å². The van der Waals surface area contributed by atoms with Crippen molar-refractivity contribution < 1.29 is 19.6 Å². The summed E-state index contributed by atoms with van der Waals surface area (Å²) in [5.74, 6) is -1.84. The van der Waals surface area contributed by atoms with Crippen LogP contribution in [0.2, 0.25) is 0 Å². The minimum Gasteiger partial charge on any atom is -0.476 e. The van der Waals surface area contributed by atoms with Gasteiger partial charge in [-0.1, -0.05) is 12.1 Å². The molecule has 0 atom stereocenters. The largest absolute Gasteiger partial charge is 0.476 e. The van der Waals surface area contributed by atoms with E-state index in [4.69, 9.17) is 5.11 Å². The van der Waals surface area contributed by atoms with Crippen molar-refractivity contribution in [1.29, 1.82) is 0 Å². The number of rotatable bonds is 4. The third kappa shape index (κ3) is 2.89. The lowest BCUT2D eigenvalue weighted by Gasteiger charge is -2.05. The summed E-state index contributed by atoms with van der Waals surface area (Å²) in [4.78, 5) is 40.3. The van der Waals surface area contributed by atoms with Crippen LogP contribution >= 0.6 is 0 Å². The number of nitro groups is 1. The maximum Gasteiger partial charge on any atom is 0.355 e. The molecule has 0 aliphatic carbocycles. The first-order valence-corrected chi connectivity index (χ1v) is 5.76. The van der Waals surface area contributed by atoms with Crippen LogP contribution in [0.3, 0.4) is 0 Å². The summed E-state index contributed by atoms with van der Waals surface area (Å²) in [6.45, 7) is 1.21. The third-order valence-electron chi connectivity index (χ3n) is 2.69. The normalized spacial score (nSPS) is 10.1. The Hall–Kier alpha value is -3.16. The summed E-state index contributed by atoms with van der Waals surface area (Å²) in [6.07, 6.45) is 1.10. The molecule has 1 N–H and O–H groups in total. The van der Waals surface area contributed by atoms with Crippen molar-refractivity contribution in [3.05, 3.63) is 51.8 Å². The average molecular weight is 287 g/mol. The lowest BCUT2D eigenvalue weighted by molar-refractivity contribution is -0.384. The number of carbonyl (C=O) groups is 2. The summed E-state index contributed by atoms with van der Waals surface area (Å²) < 4.78 is 0. The molecule has 21 heavy (non-hydrogen) atoms. The van der Waals surface area contributed by atoms with E-state index in [0.717, 1.165) is 6.20 Å². The average Bonchev–Trinajstić information content (AvgIpc) is 2.46. The molecule has 8 heteroatoms. The zero-order chi connectivity index (χ0) is 15.6. The van der Waals surface area contributed by atoms with E-state index in [-0.39, 0.29) is 17.1 Å². The number of non-ortho nitro benzene ring substituents is 1. The molecule has 0 aliphatic heterocycles. The molecule has 0 unspecified atom stereocenters. The maximum absolute atomic E-state index is 11.3. The fourth-order valence-corrected chi connectivity index (χ4v) is 1.70. The summed E-state index contributed by atoms with van der Waals surface area (Å²) in [5.41, 5.74) is -0.416. The molecule has 1 heterocycles. The summed E-state index contributed by atoms with van der Waals surface area (Å²) in [7, 11) is 0. The number of hydrogen-bond donors (Lipinski definition) is 1. The predicted octanol–water partition coefficient (Wildman–Crippen LogP) is 1.95. The fourth-order valence-electron chi connectivity index (χ4n) is 1.70. The van der Waals surface area contributed by atoms with Gasteiger partial charge in [0.05, 0.1) is 10.5 Å². The van der Waals surface area contributed by atoms with Crippen molar-refractivity contribution in [3.63, 3.8) is 0 Å². The van der Waals surface area contributed by atoms with E-state index < -0.39 is 22.4 Å². The van der Waals surface area contributed by atoms with Crippen molar-refractivity contribution in [2.75, 3.05) is 0 Å². The molecule has 0 bridgehead atoms. The topological polar surface area (TPSA) is 123 Å². The molecule has 0 spiro atoms. The standard InChI is InChI=1S/C13H9N3O5/c1-7(17)10-6-14-12(15-11(10)13(18)19)8-3-2-4-9(5-8)16(20)21/h2-6H,1H3,(H,18,19). The van der Waals surface area contributed by atoms with Gasteiger partial charge in [-0.15, -0.1) is 0 Å². The number of nitrogens with zero attached hydrogens (tertiary/aromatic N) is 3. The number of aromatic nitrogens is 2. The number of Topliss-reactive ketones (excluding diaryl/α,β-unsaturated/α-hetero) is 1. The van der Waals surface area contributed by atoms with Gasteiger partial charge < -0.3 is 5.11 Å². The van der Waals surface area contributed by atoms with Gasteiger partial charge in [-0.2, -0.15) is 0 Å². The van der Waals surface area contributed by atoms with Gasteiger partial charge in [-0.25, -0.2) is 14.8 Å². The van der Waals surface area contributed by atoms with Gasteiger partial charge in [0, 0.05) is 23.9 Å². The Morgan fingerprint density at radius 2 is 2.05 bits per heavy atom. The zero-order valence-electron chi connectivity index (χ0n) is 10.8. The van der Waals surface area contributed by atoms with Crippen LogP contribution < -0.4 is 0 Å². The van der Waals surface area contributed by atoms with Crippen molar-refractivity contribution in [2.24, 2.45) is 0 Å². The number of hydrogen-bond acceptors (Lipinski definition) is 6. The van der Waals surface area contributed by atoms with Crippen LogP contribution in [0, 0.1) is 10.1 Å². The Bertz CT molecular complexity index is 757. The Kier molecular flexibility index (Phi) is 3.70. The number of carbonyl (C=O) groups excluding carboxylic acids is 1. The second-order valence-corrected chi connectivity index (χ2v) is 4.12. The van der Waals surface area contributed by atoms with Gasteiger partial charge >= 0.3 is 5.97 Å². The second kappa shape index (κ2) is 5.45. The number of carboxylic acid groups (broad SMARTS) is 1. The first-order valence-electron chi connectivity index (χ1n) is 5.76. The second-order valence-electron chi connectivity index (χ2n) is 4.12. The van der Waals surface area contributed by atoms with E-state index in [0.29, 0.717) is 5.56 Å². The SMILES string of the molecule is CC(=O)c1cnc(-c2cccc([N+](=O)[O-])c2)nc1C(=O)O. The number of nitro benzene ring substituents is 1. The minimum atomic E-state index is -1.37. The molecule has 0 saturated carbocycles. The van der Waals surface area contributed by atoms with Crippen LogP contribution in [0.15, 0.2) is 30.5 Å². The van der Waals surface area contributed by atoms with Gasteiger partial charge in [0.15, 0.2) is 17.3 Å². The monoisotopic (exact) mass is 287 g/mol. The van der Waals surface area contributed by atoms with Crippen LogP contribution in [0.1, 0.15) is 27.8 Å². The third-order valence-corrected chi connectivity index (χ3v) is 2.69. The maximum atomic E-state index is 11.3. The van der Waals surface area contributed by atoms with E-state index in [1.807, 2.05) is 0 Å². The summed E-state index contributed by atoms with van der Waals surface area (Å²) in [5, 5.41) is 19.8. The number of benzene rings is 1. The predicted molar refractivity (Wildman–Crippen MR) is 71.1 cm³/mol. The molecular weight excluding hydrogens is 278 g/mol. The molecule has 0 saturated heterocycles. The van der Waals surface area contributed by atoms with Gasteiger partial charge in [0.2, 0.25) is 0 Å².